The lowest BCUT2D eigenvalue weighted by Gasteiger charge is -2.17. The highest BCUT2D eigenvalue weighted by Gasteiger charge is 2.13. The molecule has 0 radical (unpaired) electrons. The van der Waals surface area contributed by atoms with Crippen molar-refractivity contribution in [3.8, 4) is 0 Å². The molecular weight excluding hydrogens is 218 g/mol. The maximum atomic E-state index is 11.2. The number of aromatic nitrogens is 2. The number of anilines is 1. The van der Waals surface area contributed by atoms with Gasteiger partial charge in [-0.2, -0.15) is 0 Å². The largest absolute Gasteiger partial charge is 0.372 e. The van der Waals surface area contributed by atoms with Gasteiger partial charge in [-0.15, -0.1) is 0 Å². The first-order valence-electron chi connectivity index (χ1n) is 5.75. The predicted octanol–water partition coefficient (Wildman–Crippen LogP) is -0.160. The molecule has 0 bridgehead atoms. The van der Waals surface area contributed by atoms with Gasteiger partial charge in [0.05, 0.1) is 18.1 Å². The van der Waals surface area contributed by atoms with E-state index in [0.717, 1.165) is 31.1 Å². The van der Waals surface area contributed by atoms with Crippen molar-refractivity contribution in [2.75, 3.05) is 32.0 Å². The third-order valence-electron chi connectivity index (χ3n) is 2.75. The van der Waals surface area contributed by atoms with Gasteiger partial charge < -0.3 is 10.6 Å². The summed E-state index contributed by atoms with van der Waals surface area (Å²) in [5.41, 5.74) is 0.929. The molecule has 1 saturated heterocycles. The fourth-order valence-electron chi connectivity index (χ4n) is 1.77. The molecule has 0 saturated carbocycles. The number of amides is 1. The minimum Gasteiger partial charge on any atom is -0.372 e. The van der Waals surface area contributed by atoms with Crippen molar-refractivity contribution < 1.29 is 4.79 Å². The fraction of sp³-hybridized carbons (Fsp3) is 0.545. The number of rotatable bonds is 3. The third kappa shape index (κ3) is 3.39. The van der Waals surface area contributed by atoms with Crippen LogP contribution in [0.2, 0.25) is 0 Å². The van der Waals surface area contributed by atoms with Crippen molar-refractivity contribution >= 4 is 11.7 Å². The van der Waals surface area contributed by atoms with Crippen molar-refractivity contribution in [2.45, 2.75) is 13.0 Å². The van der Waals surface area contributed by atoms with Crippen LogP contribution >= 0.6 is 0 Å². The van der Waals surface area contributed by atoms with Gasteiger partial charge in [-0.1, -0.05) is 0 Å². The number of carbonyl (C=O) groups excluding carboxylic acids is 1. The zero-order valence-corrected chi connectivity index (χ0v) is 9.94. The first kappa shape index (κ1) is 11.8. The second-order valence-corrected chi connectivity index (χ2v) is 4.02. The second-order valence-electron chi connectivity index (χ2n) is 4.02. The van der Waals surface area contributed by atoms with E-state index in [4.69, 9.17) is 0 Å². The molecule has 2 N–H and O–H groups in total. The molecule has 0 spiro atoms. The van der Waals surface area contributed by atoms with Crippen LogP contribution in [-0.4, -0.2) is 47.5 Å². The van der Waals surface area contributed by atoms with E-state index >= 15 is 0 Å². The van der Waals surface area contributed by atoms with E-state index in [0.29, 0.717) is 13.0 Å². The zero-order chi connectivity index (χ0) is 12.1. The van der Waals surface area contributed by atoms with Gasteiger partial charge in [0.15, 0.2) is 0 Å². The van der Waals surface area contributed by atoms with Crippen LogP contribution in [0.15, 0.2) is 12.4 Å². The molecule has 17 heavy (non-hydrogen) atoms. The molecule has 0 atom stereocenters. The molecule has 92 valence electrons. The van der Waals surface area contributed by atoms with Gasteiger partial charge >= 0.3 is 0 Å². The number of hydrogen-bond acceptors (Lipinski definition) is 5. The third-order valence-corrected chi connectivity index (χ3v) is 2.75. The van der Waals surface area contributed by atoms with E-state index in [-0.39, 0.29) is 5.91 Å². The van der Waals surface area contributed by atoms with Crippen LogP contribution in [0.25, 0.3) is 0 Å². The van der Waals surface area contributed by atoms with Gasteiger partial charge in [0.25, 0.3) is 0 Å². The van der Waals surface area contributed by atoms with E-state index in [2.05, 4.69) is 25.5 Å². The molecule has 1 aromatic heterocycles. The smallest absolute Gasteiger partial charge is 0.221 e. The lowest BCUT2D eigenvalue weighted by Crippen LogP contribution is -2.28. The Morgan fingerprint density at radius 2 is 2.29 bits per heavy atom. The monoisotopic (exact) mass is 235 g/mol. The van der Waals surface area contributed by atoms with Crippen LogP contribution in [-0.2, 0) is 11.3 Å². The van der Waals surface area contributed by atoms with E-state index < -0.39 is 0 Å². The summed E-state index contributed by atoms with van der Waals surface area (Å²) in [7, 11) is 1.82. The Morgan fingerprint density at radius 1 is 1.41 bits per heavy atom. The highest BCUT2D eigenvalue weighted by atomic mass is 16.1. The van der Waals surface area contributed by atoms with Crippen molar-refractivity contribution in [3.63, 3.8) is 0 Å². The molecule has 6 heteroatoms. The second kappa shape index (κ2) is 5.58. The van der Waals surface area contributed by atoms with E-state index in [1.54, 1.807) is 12.4 Å². The van der Waals surface area contributed by atoms with Crippen LogP contribution in [0.1, 0.15) is 12.1 Å². The van der Waals surface area contributed by atoms with Crippen molar-refractivity contribution in [2.24, 2.45) is 0 Å². The molecule has 0 unspecified atom stereocenters. The van der Waals surface area contributed by atoms with Crippen LogP contribution in [0.4, 0.5) is 5.82 Å². The van der Waals surface area contributed by atoms with Gasteiger partial charge in [0, 0.05) is 39.6 Å². The maximum Gasteiger partial charge on any atom is 0.221 e. The molecule has 1 aliphatic heterocycles. The highest BCUT2D eigenvalue weighted by molar-refractivity contribution is 5.76. The van der Waals surface area contributed by atoms with Gasteiger partial charge in [0.1, 0.15) is 5.82 Å². The minimum absolute atomic E-state index is 0.129. The normalized spacial score (nSPS) is 17.4. The Morgan fingerprint density at radius 3 is 3.00 bits per heavy atom. The summed E-state index contributed by atoms with van der Waals surface area (Å²) < 4.78 is 0. The molecule has 1 aromatic rings. The van der Waals surface area contributed by atoms with Gasteiger partial charge in [0.2, 0.25) is 5.91 Å². The summed E-state index contributed by atoms with van der Waals surface area (Å²) in [6.45, 7) is 3.09. The van der Waals surface area contributed by atoms with E-state index in [1.807, 2.05) is 7.05 Å². The average molecular weight is 235 g/mol. The summed E-state index contributed by atoms with van der Waals surface area (Å²) in [6, 6.07) is 0. The summed E-state index contributed by atoms with van der Waals surface area (Å²) >= 11 is 0. The highest BCUT2D eigenvalue weighted by Crippen LogP contribution is 2.05. The molecule has 2 heterocycles. The van der Waals surface area contributed by atoms with Crippen LogP contribution in [0.5, 0.6) is 0 Å². The van der Waals surface area contributed by atoms with Gasteiger partial charge in [-0.25, -0.2) is 4.98 Å². The number of nitrogens with zero attached hydrogens (tertiary/aromatic N) is 3. The minimum atomic E-state index is 0.129. The Hall–Kier alpha value is -1.69. The van der Waals surface area contributed by atoms with E-state index in [9.17, 15) is 4.79 Å². The van der Waals surface area contributed by atoms with Crippen molar-refractivity contribution in [1.29, 1.82) is 0 Å². The standard InChI is InChI=1S/C11H17N5O/c1-12-10-7-14-9(6-15-10)8-16-4-2-11(17)13-3-5-16/h6-7H,2-5,8H2,1H3,(H,12,15)(H,13,17). The molecule has 0 aromatic carbocycles. The number of nitrogens with one attached hydrogen (secondary N) is 2. The summed E-state index contributed by atoms with van der Waals surface area (Å²) in [4.78, 5) is 21.9. The number of hydrogen-bond donors (Lipinski definition) is 2. The topological polar surface area (TPSA) is 70.2 Å². The Balaban J connectivity index is 1.92. The fourth-order valence-corrected chi connectivity index (χ4v) is 1.77. The lowest BCUT2D eigenvalue weighted by atomic mass is 10.3. The van der Waals surface area contributed by atoms with Crippen molar-refractivity contribution in [3.05, 3.63) is 18.1 Å². The first-order chi connectivity index (χ1) is 8.28. The van der Waals surface area contributed by atoms with Gasteiger partial charge in [-0.3, -0.25) is 14.7 Å². The van der Waals surface area contributed by atoms with Crippen LogP contribution < -0.4 is 10.6 Å². The lowest BCUT2D eigenvalue weighted by molar-refractivity contribution is -0.120. The molecule has 1 aliphatic rings. The van der Waals surface area contributed by atoms with Crippen LogP contribution in [0.3, 0.4) is 0 Å². The van der Waals surface area contributed by atoms with E-state index in [1.165, 1.54) is 0 Å². The van der Waals surface area contributed by atoms with Crippen molar-refractivity contribution in [1.82, 2.24) is 20.2 Å². The molecular formula is C11H17N5O. The summed E-state index contributed by atoms with van der Waals surface area (Å²) in [5, 5.41) is 5.78. The SMILES string of the molecule is CNc1cnc(CN2CCNC(=O)CC2)cn1. The molecule has 2 rings (SSSR count). The summed E-state index contributed by atoms with van der Waals surface area (Å²) in [6.07, 6.45) is 4.05. The quantitative estimate of drug-likeness (QED) is 0.762. The molecule has 0 aliphatic carbocycles. The Kier molecular flexibility index (Phi) is 3.87. The van der Waals surface area contributed by atoms with Gasteiger partial charge in [-0.05, 0) is 0 Å². The zero-order valence-electron chi connectivity index (χ0n) is 9.94. The number of carbonyl (C=O) groups is 1. The molecule has 1 fully saturated rings. The van der Waals surface area contributed by atoms with Crippen LogP contribution in [0, 0.1) is 0 Å². The predicted molar refractivity (Wildman–Crippen MR) is 64.5 cm³/mol. The first-order valence-corrected chi connectivity index (χ1v) is 5.75. The molecule has 6 nitrogen and oxygen atoms in total. The Bertz CT molecular complexity index is 378. The summed E-state index contributed by atoms with van der Waals surface area (Å²) in [5.74, 6) is 0.894. The maximum absolute atomic E-state index is 11.2. The average Bonchev–Trinajstić information content (AvgIpc) is 2.56. The molecule has 1 amide bonds. The Labute approximate surface area is 100 Å².